The van der Waals surface area contributed by atoms with Gasteiger partial charge >= 0.3 is 0 Å². The van der Waals surface area contributed by atoms with Crippen molar-refractivity contribution < 1.29 is 13.2 Å². The molecule has 1 aromatic heterocycles. The van der Waals surface area contributed by atoms with Crippen LogP contribution in [0.3, 0.4) is 0 Å². The fourth-order valence-corrected chi connectivity index (χ4v) is 4.25. The minimum absolute atomic E-state index is 0.0850. The molecule has 1 N–H and O–H groups in total. The molecule has 0 atom stereocenters. The third-order valence-corrected chi connectivity index (χ3v) is 6.42. The molecule has 0 aliphatic rings. The van der Waals surface area contributed by atoms with Gasteiger partial charge in [-0.1, -0.05) is 13.8 Å². The van der Waals surface area contributed by atoms with Gasteiger partial charge < -0.3 is 5.32 Å². The van der Waals surface area contributed by atoms with Crippen LogP contribution in [0.2, 0.25) is 0 Å². The molecule has 0 bridgehead atoms. The number of hydrogen-bond donors (Lipinski definition) is 1. The summed E-state index contributed by atoms with van der Waals surface area (Å²) in [6.45, 7) is 6.17. The molecule has 0 aliphatic heterocycles. The Balaban J connectivity index is 2.37. The molecule has 8 heteroatoms. The van der Waals surface area contributed by atoms with E-state index in [9.17, 15) is 13.2 Å². The van der Waals surface area contributed by atoms with Crippen molar-refractivity contribution in [1.29, 1.82) is 0 Å². The second-order valence-corrected chi connectivity index (χ2v) is 8.20. The Kier molecular flexibility index (Phi) is 6.31. The first-order valence-electron chi connectivity index (χ1n) is 7.83. The van der Waals surface area contributed by atoms with Crippen LogP contribution in [0.4, 0.5) is 5.82 Å². The minimum atomic E-state index is -3.64. The molecule has 6 nitrogen and oxygen atoms in total. The number of nitrogens with zero attached hydrogens (tertiary/aromatic N) is 2. The van der Waals surface area contributed by atoms with Crippen LogP contribution in [0.1, 0.15) is 29.8 Å². The summed E-state index contributed by atoms with van der Waals surface area (Å²) in [5.74, 6) is -0.0181. The van der Waals surface area contributed by atoms with E-state index in [2.05, 4.69) is 26.2 Å². The highest BCUT2D eigenvalue weighted by Gasteiger charge is 2.23. The number of pyridine rings is 1. The number of sulfonamides is 1. The average Bonchev–Trinajstić information content (AvgIpc) is 2.55. The fraction of sp³-hybridized carbons (Fsp3) is 0.294. The molecule has 0 saturated carbocycles. The van der Waals surface area contributed by atoms with Crippen molar-refractivity contribution in [3.63, 3.8) is 0 Å². The lowest BCUT2D eigenvalue weighted by molar-refractivity contribution is 0.102. The van der Waals surface area contributed by atoms with E-state index in [1.807, 2.05) is 13.0 Å². The van der Waals surface area contributed by atoms with E-state index < -0.39 is 15.9 Å². The van der Waals surface area contributed by atoms with Crippen LogP contribution in [-0.4, -0.2) is 36.7 Å². The third-order valence-electron chi connectivity index (χ3n) is 3.68. The second kappa shape index (κ2) is 8.07. The number of amides is 1. The normalized spacial score (nSPS) is 11.6. The monoisotopic (exact) mass is 425 g/mol. The molecule has 25 heavy (non-hydrogen) atoms. The minimum Gasteiger partial charge on any atom is -0.307 e. The molecule has 1 amide bonds. The summed E-state index contributed by atoms with van der Waals surface area (Å²) in [5.41, 5.74) is 1.19. The molecule has 2 aromatic rings. The number of halogens is 1. The standard InChI is InChI=1S/C17H20BrN3O3S/c1-4-21(5-2)25(23,24)13-6-7-15(18)14(11-13)17(22)20-16-10-12(3)8-9-19-16/h6-11H,4-5H2,1-3H3,(H,19,20,22). The molecule has 0 fully saturated rings. The highest BCUT2D eigenvalue weighted by molar-refractivity contribution is 9.10. The van der Waals surface area contributed by atoms with Gasteiger partial charge in [0, 0.05) is 23.8 Å². The quantitative estimate of drug-likeness (QED) is 0.768. The average molecular weight is 426 g/mol. The SMILES string of the molecule is CCN(CC)S(=O)(=O)c1ccc(Br)c(C(=O)Nc2cc(C)ccn2)c1. The Hall–Kier alpha value is -1.77. The van der Waals surface area contributed by atoms with Gasteiger partial charge in [0.1, 0.15) is 5.82 Å². The first-order valence-corrected chi connectivity index (χ1v) is 10.1. The van der Waals surface area contributed by atoms with E-state index in [4.69, 9.17) is 0 Å². The maximum atomic E-state index is 12.7. The van der Waals surface area contributed by atoms with Gasteiger partial charge in [0.15, 0.2) is 0 Å². The van der Waals surface area contributed by atoms with Crippen LogP contribution in [0.25, 0.3) is 0 Å². The molecule has 0 radical (unpaired) electrons. The lowest BCUT2D eigenvalue weighted by Gasteiger charge is -2.19. The van der Waals surface area contributed by atoms with E-state index in [0.717, 1.165) is 5.56 Å². The largest absolute Gasteiger partial charge is 0.307 e. The fourth-order valence-electron chi connectivity index (χ4n) is 2.34. The zero-order chi connectivity index (χ0) is 18.6. The number of nitrogens with one attached hydrogen (secondary N) is 1. The molecular weight excluding hydrogens is 406 g/mol. The summed E-state index contributed by atoms with van der Waals surface area (Å²) in [6, 6.07) is 7.99. The molecule has 2 rings (SSSR count). The van der Waals surface area contributed by atoms with Crippen molar-refractivity contribution in [1.82, 2.24) is 9.29 Å². The van der Waals surface area contributed by atoms with E-state index >= 15 is 0 Å². The van der Waals surface area contributed by atoms with Crippen molar-refractivity contribution in [3.8, 4) is 0 Å². The summed E-state index contributed by atoms with van der Waals surface area (Å²) in [5, 5.41) is 2.69. The van der Waals surface area contributed by atoms with Gasteiger partial charge in [0.2, 0.25) is 10.0 Å². The van der Waals surface area contributed by atoms with Crippen molar-refractivity contribution in [2.24, 2.45) is 0 Å². The molecular formula is C17H20BrN3O3S. The number of carbonyl (C=O) groups excluding carboxylic acids is 1. The maximum absolute atomic E-state index is 12.7. The summed E-state index contributed by atoms with van der Waals surface area (Å²) >= 11 is 3.31. The van der Waals surface area contributed by atoms with E-state index in [1.54, 1.807) is 32.2 Å². The number of rotatable bonds is 6. The lowest BCUT2D eigenvalue weighted by Crippen LogP contribution is -2.30. The summed E-state index contributed by atoms with van der Waals surface area (Å²) in [6.07, 6.45) is 1.60. The third kappa shape index (κ3) is 4.45. The van der Waals surface area contributed by atoms with Crippen LogP contribution in [0, 0.1) is 6.92 Å². The Labute approximate surface area is 156 Å². The Morgan fingerprint density at radius 3 is 2.48 bits per heavy atom. The molecule has 0 saturated heterocycles. The topological polar surface area (TPSA) is 79.4 Å². The smallest absolute Gasteiger partial charge is 0.258 e. The zero-order valence-electron chi connectivity index (χ0n) is 14.3. The van der Waals surface area contributed by atoms with Crippen LogP contribution in [-0.2, 0) is 10.0 Å². The Bertz CT molecular complexity index is 880. The van der Waals surface area contributed by atoms with Crippen LogP contribution in [0.15, 0.2) is 45.9 Å². The van der Waals surface area contributed by atoms with Crippen molar-refractivity contribution in [3.05, 3.63) is 52.1 Å². The highest BCUT2D eigenvalue weighted by atomic mass is 79.9. The highest BCUT2D eigenvalue weighted by Crippen LogP contribution is 2.24. The van der Waals surface area contributed by atoms with Crippen LogP contribution < -0.4 is 5.32 Å². The van der Waals surface area contributed by atoms with Gasteiger partial charge in [0.25, 0.3) is 5.91 Å². The predicted octanol–water partition coefficient (Wildman–Crippen LogP) is 3.44. The summed E-state index contributed by atoms with van der Waals surface area (Å²) < 4.78 is 27.2. The van der Waals surface area contributed by atoms with Gasteiger partial charge in [-0.3, -0.25) is 4.79 Å². The maximum Gasteiger partial charge on any atom is 0.258 e. The first kappa shape index (κ1) is 19.6. The predicted molar refractivity (Wildman–Crippen MR) is 101 cm³/mol. The van der Waals surface area contributed by atoms with Gasteiger partial charge in [-0.15, -0.1) is 0 Å². The van der Waals surface area contributed by atoms with Gasteiger partial charge in [-0.25, -0.2) is 13.4 Å². The van der Waals surface area contributed by atoms with Crippen LogP contribution >= 0.6 is 15.9 Å². The zero-order valence-corrected chi connectivity index (χ0v) is 16.7. The molecule has 0 unspecified atom stereocenters. The summed E-state index contributed by atoms with van der Waals surface area (Å²) in [7, 11) is -3.64. The Morgan fingerprint density at radius 1 is 1.20 bits per heavy atom. The number of benzene rings is 1. The molecule has 1 heterocycles. The molecule has 0 spiro atoms. The lowest BCUT2D eigenvalue weighted by atomic mass is 10.2. The van der Waals surface area contributed by atoms with Gasteiger partial charge in [-0.2, -0.15) is 4.31 Å². The first-order chi connectivity index (χ1) is 11.8. The number of aryl methyl sites for hydroxylation is 1. The van der Waals surface area contributed by atoms with E-state index in [1.165, 1.54) is 16.4 Å². The van der Waals surface area contributed by atoms with Crippen molar-refractivity contribution >= 4 is 37.7 Å². The van der Waals surface area contributed by atoms with E-state index in [-0.39, 0.29) is 10.5 Å². The van der Waals surface area contributed by atoms with Crippen molar-refractivity contribution in [2.75, 3.05) is 18.4 Å². The second-order valence-electron chi connectivity index (χ2n) is 5.40. The number of carbonyl (C=O) groups is 1. The number of hydrogen-bond acceptors (Lipinski definition) is 4. The number of anilines is 1. The molecule has 1 aromatic carbocycles. The van der Waals surface area contributed by atoms with E-state index in [0.29, 0.717) is 23.4 Å². The number of aromatic nitrogens is 1. The van der Waals surface area contributed by atoms with Gasteiger partial charge in [-0.05, 0) is 58.7 Å². The van der Waals surface area contributed by atoms with Crippen LogP contribution in [0.5, 0.6) is 0 Å². The summed E-state index contributed by atoms with van der Waals surface area (Å²) in [4.78, 5) is 16.7. The molecule has 134 valence electrons. The van der Waals surface area contributed by atoms with Gasteiger partial charge in [0.05, 0.1) is 10.5 Å². The molecule has 0 aliphatic carbocycles. The Morgan fingerprint density at radius 2 is 1.88 bits per heavy atom. The van der Waals surface area contributed by atoms with Crippen molar-refractivity contribution in [2.45, 2.75) is 25.7 Å².